The standard InChI is InChI=1S/C27H27N2.C7H8O3S/c1-3-28-24(20-18-22-12-8-10-16-26(22)28)14-6-5-7-15-25-21-19-23-13-9-11-17-27(23)29(25)4-2;1-6-2-4-7(5-3-6)11(8,9)10/h5-21H,3-4H2,1-2H3;2-5H,1H3,(H,8,9,10)/q+1;. The van der Waals surface area contributed by atoms with E-state index in [0.717, 1.165) is 18.7 Å². The lowest BCUT2D eigenvalue weighted by atomic mass is 10.1. The van der Waals surface area contributed by atoms with Gasteiger partial charge < -0.3 is 4.90 Å². The first-order valence-corrected chi connectivity index (χ1v) is 14.8. The van der Waals surface area contributed by atoms with E-state index in [2.05, 4.69) is 127 Å². The highest BCUT2D eigenvalue weighted by molar-refractivity contribution is 7.85. The number of pyridine rings is 1. The SMILES string of the molecule is CCN1/C(=C/C=C/C=C/c2ccc3ccccc3[n+]2CC)C=Cc2ccccc21.Cc1ccc(S(=O)(=O)O)cc1. The minimum atomic E-state index is -4.02. The number of hydrogen-bond donors (Lipinski definition) is 1. The predicted octanol–water partition coefficient (Wildman–Crippen LogP) is 7.40. The maximum absolute atomic E-state index is 10.5. The van der Waals surface area contributed by atoms with Crippen molar-refractivity contribution in [3.8, 4) is 0 Å². The van der Waals surface area contributed by atoms with Gasteiger partial charge in [-0.05, 0) is 68.8 Å². The van der Waals surface area contributed by atoms with Crippen LogP contribution in [0.25, 0.3) is 23.1 Å². The summed E-state index contributed by atoms with van der Waals surface area (Å²) in [6.45, 7) is 8.12. The van der Waals surface area contributed by atoms with Crippen molar-refractivity contribution in [2.24, 2.45) is 0 Å². The summed E-state index contributed by atoms with van der Waals surface area (Å²) in [5, 5.41) is 1.27. The number of nitrogens with zero attached hydrogens (tertiary/aromatic N) is 2. The number of fused-ring (bicyclic) bond motifs is 2. The molecule has 0 saturated carbocycles. The van der Waals surface area contributed by atoms with E-state index in [1.54, 1.807) is 12.1 Å². The Kier molecular flexibility index (Phi) is 9.48. The fourth-order valence-electron chi connectivity index (χ4n) is 4.64. The van der Waals surface area contributed by atoms with Crippen molar-refractivity contribution in [3.63, 3.8) is 0 Å². The van der Waals surface area contributed by atoms with E-state index in [4.69, 9.17) is 4.55 Å². The molecule has 0 unspecified atom stereocenters. The summed E-state index contributed by atoms with van der Waals surface area (Å²) in [5.74, 6) is 0. The molecule has 2 heterocycles. The highest BCUT2D eigenvalue weighted by atomic mass is 32.2. The normalized spacial score (nSPS) is 14.1. The van der Waals surface area contributed by atoms with Crippen LogP contribution in [0.5, 0.6) is 0 Å². The van der Waals surface area contributed by atoms with Gasteiger partial charge in [0.2, 0.25) is 11.2 Å². The van der Waals surface area contributed by atoms with Gasteiger partial charge in [0.15, 0.2) is 0 Å². The van der Waals surface area contributed by atoms with Gasteiger partial charge in [0.25, 0.3) is 10.1 Å². The molecule has 5 nitrogen and oxygen atoms in total. The molecule has 0 radical (unpaired) electrons. The molecule has 0 bridgehead atoms. The number of anilines is 1. The van der Waals surface area contributed by atoms with Crippen molar-refractivity contribution in [1.29, 1.82) is 0 Å². The monoisotopic (exact) mass is 551 g/mol. The summed E-state index contributed by atoms with van der Waals surface area (Å²) in [6.07, 6.45) is 15.1. The van der Waals surface area contributed by atoms with Crippen molar-refractivity contribution < 1.29 is 17.5 Å². The van der Waals surface area contributed by atoms with E-state index < -0.39 is 10.1 Å². The molecule has 0 spiro atoms. The smallest absolute Gasteiger partial charge is 0.294 e. The van der Waals surface area contributed by atoms with Gasteiger partial charge in [-0.1, -0.05) is 72.3 Å². The molecule has 0 amide bonds. The van der Waals surface area contributed by atoms with E-state index in [-0.39, 0.29) is 4.90 Å². The average molecular weight is 552 g/mol. The van der Waals surface area contributed by atoms with Crippen molar-refractivity contribution in [2.45, 2.75) is 32.2 Å². The highest BCUT2D eigenvalue weighted by Gasteiger charge is 2.14. The third-order valence-corrected chi connectivity index (χ3v) is 7.52. The van der Waals surface area contributed by atoms with Crippen LogP contribution in [0.4, 0.5) is 5.69 Å². The van der Waals surface area contributed by atoms with Crippen LogP contribution in [0.2, 0.25) is 0 Å². The molecule has 3 aromatic carbocycles. The van der Waals surface area contributed by atoms with Gasteiger partial charge in [0.1, 0.15) is 6.54 Å². The zero-order valence-corrected chi connectivity index (χ0v) is 23.9. The van der Waals surface area contributed by atoms with Crippen molar-refractivity contribution >= 4 is 38.9 Å². The first-order valence-electron chi connectivity index (χ1n) is 13.4. The number of aryl methyl sites for hydroxylation is 2. The van der Waals surface area contributed by atoms with Crippen molar-refractivity contribution in [1.82, 2.24) is 0 Å². The average Bonchev–Trinajstić information content (AvgIpc) is 2.96. The summed E-state index contributed by atoms with van der Waals surface area (Å²) >= 11 is 0. The van der Waals surface area contributed by atoms with Crippen LogP contribution in [0, 0.1) is 6.92 Å². The maximum atomic E-state index is 10.5. The second kappa shape index (κ2) is 13.2. The van der Waals surface area contributed by atoms with Gasteiger partial charge in [-0.25, -0.2) is 0 Å². The lowest BCUT2D eigenvalue weighted by molar-refractivity contribution is -0.669. The van der Waals surface area contributed by atoms with Crippen LogP contribution >= 0.6 is 0 Å². The molecule has 0 atom stereocenters. The van der Waals surface area contributed by atoms with E-state index in [9.17, 15) is 8.42 Å². The highest BCUT2D eigenvalue weighted by Crippen LogP contribution is 2.30. The zero-order valence-electron chi connectivity index (χ0n) is 23.1. The van der Waals surface area contributed by atoms with Gasteiger partial charge in [-0.3, -0.25) is 4.55 Å². The molecule has 0 saturated heterocycles. The van der Waals surface area contributed by atoms with Crippen LogP contribution in [0.3, 0.4) is 0 Å². The summed E-state index contributed by atoms with van der Waals surface area (Å²) in [5.41, 5.74) is 7.20. The summed E-state index contributed by atoms with van der Waals surface area (Å²) in [7, 11) is -4.02. The molecule has 1 aromatic heterocycles. The van der Waals surface area contributed by atoms with Crippen LogP contribution in [0.1, 0.15) is 30.7 Å². The lowest BCUT2D eigenvalue weighted by Gasteiger charge is -2.29. The Morgan fingerprint density at radius 3 is 2.27 bits per heavy atom. The summed E-state index contributed by atoms with van der Waals surface area (Å²) < 4.78 is 31.9. The first kappa shape index (κ1) is 28.7. The van der Waals surface area contributed by atoms with Crippen LogP contribution in [0.15, 0.2) is 126 Å². The van der Waals surface area contributed by atoms with E-state index in [1.165, 1.54) is 45.7 Å². The molecular formula is C34H35N2O3S+. The second-order valence-electron chi connectivity index (χ2n) is 9.32. The number of allylic oxidation sites excluding steroid dienone is 5. The van der Waals surface area contributed by atoms with E-state index >= 15 is 0 Å². The van der Waals surface area contributed by atoms with Crippen molar-refractivity contribution in [2.75, 3.05) is 11.4 Å². The molecule has 40 heavy (non-hydrogen) atoms. The summed E-state index contributed by atoms with van der Waals surface area (Å²) in [6, 6.07) is 27.4. The predicted molar refractivity (Wildman–Crippen MR) is 166 cm³/mol. The van der Waals surface area contributed by atoms with Crippen LogP contribution in [-0.4, -0.2) is 19.5 Å². The number of para-hydroxylation sites is 2. The Labute approximate surface area is 237 Å². The third kappa shape index (κ3) is 7.03. The second-order valence-corrected chi connectivity index (χ2v) is 10.7. The van der Waals surface area contributed by atoms with E-state index in [1.807, 2.05) is 6.92 Å². The first-order chi connectivity index (χ1) is 19.3. The van der Waals surface area contributed by atoms with Gasteiger partial charge >= 0.3 is 0 Å². The Morgan fingerprint density at radius 1 is 0.825 bits per heavy atom. The molecule has 1 aliphatic rings. The van der Waals surface area contributed by atoms with Crippen LogP contribution in [-0.2, 0) is 16.7 Å². The van der Waals surface area contributed by atoms with Gasteiger partial charge in [0.05, 0.1) is 4.90 Å². The topological polar surface area (TPSA) is 61.5 Å². The minimum absolute atomic E-state index is 0.0666. The molecule has 0 fully saturated rings. The fraction of sp³-hybridized carbons (Fsp3) is 0.147. The molecule has 204 valence electrons. The molecule has 1 aliphatic heterocycles. The molecule has 0 aliphatic carbocycles. The molecule has 5 rings (SSSR count). The Balaban J connectivity index is 0.000000283. The maximum Gasteiger partial charge on any atom is 0.294 e. The van der Waals surface area contributed by atoms with Gasteiger partial charge in [-0.2, -0.15) is 13.0 Å². The number of rotatable bonds is 6. The quantitative estimate of drug-likeness (QED) is 0.154. The van der Waals surface area contributed by atoms with Crippen LogP contribution < -0.4 is 9.47 Å². The molecule has 4 aromatic rings. The number of aromatic nitrogens is 1. The van der Waals surface area contributed by atoms with Gasteiger partial charge in [-0.15, -0.1) is 0 Å². The molecule has 1 N–H and O–H groups in total. The zero-order chi connectivity index (χ0) is 28.5. The Bertz CT molecular complexity index is 1700. The fourth-order valence-corrected chi connectivity index (χ4v) is 5.12. The number of likely N-dealkylation sites (N-methyl/N-ethyl adjacent to an activating group) is 1. The largest absolute Gasteiger partial charge is 0.341 e. The molecular weight excluding hydrogens is 516 g/mol. The lowest BCUT2D eigenvalue weighted by Crippen LogP contribution is -2.36. The number of hydrogen-bond acceptors (Lipinski definition) is 3. The van der Waals surface area contributed by atoms with E-state index in [0.29, 0.717) is 0 Å². The Morgan fingerprint density at radius 2 is 1.55 bits per heavy atom. The third-order valence-electron chi connectivity index (χ3n) is 6.65. The minimum Gasteiger partial charge on any atom is -0.341 e. The van der Waals surface area contributed by atoms with Gasteiger partial charge in [0, 0.05) is 41.5 Å². The number of benzene rings is 3. The summed E-state index contributed by atoms with van der Waals surface area (Å²) in [4.78, 5) is 2.28. The van der Waals surface area contributed by atoms with Crippen molar-refractivity contribution in [3.05, 3.63) is 138 Å². The Hall–Kier alpha value is -4.26. The molecule has 6 heteroatoms.